The molecule has 0 aliphatic heterocycles. The standard InChI is InChI=1S/C18H38N2O/c1-14(2)11-18(13-19,12-15(3)4)20(9-10-21-6)16(5)17-7-8-17/h14-17H,7-13,19H2,1-6H3. The molecular formula is C18H38N2O. The molecule has 126 valence electrons. The molecule has 0 heterocycles. The van der Waals surface area contributed by atoms with E-state index in [1.165, 1.54) is 25.7 Å². The molecule has 0 spiro atoms. The fourth-order valence-corrected chi connectivity index (χ4v) is 4.02. The smallest absolute Gasteiger partial charge is 0.0590 e. The second kappa shape index (κ2) is 8.50. The average molecular weight is 299 g/mol. The third-order valence-electron chi connectivity index (χ3n) is 4.90. The van der Waals surface area contributed by atoms with E-state index in [0.29, 0.717) is 17.9 Å². The Hall–Kier alpha value is -0.120. The molecule has 1 aliphatic carbocycles. The molecule has 21 heavy (non-hydrogen) atoms. The first-order chi connectivity index (χ1) is 9.86. The van der Waals surface area contributed by atoms with Crippen molar-refractivity contribution in [2.45, 2.75) is 71.9 Å². The van der Waals surface area contributed by atoms with Gasteiger partial charge in [-0.3, -0.25) is 4.90 Å². The molecule has 0 aromatic carbocycles. The van der Waals surface area contributed by atoms with Crippen LogP contribution in [-0.4, -0.2) is 43.3 Å². The summed E-state index contributed by atoms with van der Waals surface area (Å²) < 4.78 is 5.39. The Morgan fingerprint density at radius 3 is 1.95 bits per heavy atom. The number of hydrogen-bond donors (Lipinski definition) is 1. The largest absolute Gasteiger partial charge is 0.383 e. The van der Waals surface area contributed by atoms with Crippen molar-refractivity contribution in [3.8, 4) is 0 Å². The van der Waals surface area contributed by atoms with Gasteiger partial charge in [-0.2, -0.15) is 0 Å². The molecule has 3 nitrogen and oxygen atoms in total. The van der Waals surface area contributed by atoms with Gasteiger partial charge in [0.15, 0.2) is 0 Å². The molecule has 0 saturated heterocycles. The Labute approximate surface area is 132 Å². The maximum Gasteiger partial charge on any atom is 0.0590 e. The fourth-order valence-electron chi connectivity index (χ4n) is 4.02. The summed E-state index contributed by atoms with van der Waals surface area (Å²) >= 11 is 0. The van der Waals surface area contributed by atoms with Crippen LogP contribution in [0, 0.1) is 17.8 Å². The molecule has 0 aromatic rings. The van der Waals surface area contributed by atoms with Crippen LogP contribution in [0.3, 0.4) is 0 Å². The van der Waals surface area contributed by atoms with E-state index in [9.17, 15) is 0 Å². The quantitative estimate of drug-likeness (QED) is 0.634. The van der Waals surface area contributed by atoms with Gasteiger partial charge < -0.3 is 10.5 Å². The molecule has 2 N–H and O–H groups in total. The van der Waals surface area contributed by atoms with E-state index < -0.39 is 0 Å². The highest BCUT2D eigenvalue weighted by Gasteiger charge is 2.43. The second-order valence-corrected chi connectivity index (χ2v) is 7.89. The van der Waals surface area contributed by atoms with E-state index in [0.717, 1.165) is 25.6 Å². The maximum absolute atomic E-state index is 6.35. The van der Waals surface area contributed by atoms with Crippen LogP contribution in [-0.2, 0) is 4.74 Å². The van der Waals surface area contributed by atoms with Gasteiger partial charge in [-0.05, 0) is 50.4 Å². The van der Waals surface area contributed by atoms with Crippen molar-refractivity contribution in [2.24, 2.45) is 23.5 Å². The number of nitrogens with two attached hydrogens (primary N) is 1. The van der Waals surface area contributed by atoms with Crippen LogP contribution in [0.15, 0.2) is 0 Å². The van der Waals surface area contributed by atoms with Gasteiger partial charge in [-0.15, -0.1) is 0 Å². The minimum atomic E-state index is 0.128. The summed E-state index contributed by atoms with van der Waals surface area (Å²) in [6.07, 6.45) is 5.13. The van der Waals surface area contributed by atoms with E-state index >= 15 is 0 Å². The summed E-state index contributed by atoms with van der Waals surface area (Å²) in [6, 6.07) is 0.626. The predicted octanol–water partition coefficient (Wildman–Crippen LogP) is 3.52. The minimum Gasteiger partial charge on any atom is -0.383 e. The van der Waals surface area contributed by atoms with Crippen LogP contribution < -0.4 is 5.73 Å². The van der Waals surface area contributed by atoms with Crippen molar-refractivity contribution in [1.29, 1.82) is 0 Å². The molecule has 0 radical (unpaired) electrons. The summed E-state index contributed by atoms with van der Waals surface area (Å²) in [4.78, 5) is 2.70. The first-order valence-electron chi connectivity index (χ1n) is 8.82. The predicted molar refractivity (Wildman–Crippen MR) is 91.5 cm³/mol. The van der Waals surface area contributed by atoms with Crippen molar-refractivity contribution in [2.75, 3.05) is 26.8 Å². The summed E-state index contributed by atoms with van der Waals surface area (Å²) in [6.45, 7) is 14.2. The molecule has 1 fully saturated rings. The third kappa shape index (κ3) is 5.54. The van der Waals surface area contributed by atoms with Crippen molar-refractivity contribution in [3.05, 3.63) is 0 Å². The maximum atomic E-state index is 6.35. The van der Waals surface area contributed by atoms with Crippen LogP contribution in [0.5, 0.6) is 0 Å². The van der Waals surface area contributed by atoms with Gasteiger partial charge in [0.05, 0.1) is 6.61 Å². The number of methoxy groups -OCH3 is 1. The lowest BCUT2D eigenvalue weighted by Crippen LogP contribution is -2.59. The lowest BCUT2D eigenvalue weighted by atomic mass is 9.79. The second-order valence-electron chi connectivity index (χ2n) is 7.89. The lowest BCUT2D eigenvalue weighted by Gasteiger charge is -2.49. The summed E-state index contributed by atoms with van der Waals surface area (Å²) in [5.74, 6) is 2.21. The lowest BCUT2D eigenvalue weighted by molar-refractivity contribution is -0.00415. The van der Waals surface area contributed by atoms with Gasteiger partial charge >= 0.3 is 0 Å². The zero-order valence-electron chi connectivity index (χ0n) is 15.2. The fraction of sp³-hybridized carbons (Fsp3) is 1.00. The molecule has 1 rings (SSSR count). The first kappa shape index (κ1) is 18.9. The Morgan fingerprint density at radius 1 is 1.10 bits per heavy atom. The highest BCUT2D eigenvalue weighted by Crippen LogP contribution is 2.40. The number of nitrogens with zero attached hydrogens (tertiary/aromatic N) is 1. The van der Waals surface area contributed by atoms with Gasteiger partial charge in [0.2, 0.25) is 0 Å². The van der Waals surface area contributed by atoms with Crippen LogP contribution in [0.2, 0.25) is 0 Å². The topological polar surface area (TPSA) is 38.5 Å². The molecule has 1 unspecified atom stereocenters. The molecule has 0 aromatic heterocycles. The van der Waals surface area contributed by atoms with Gasteiger partial charge in [-0.25, -0.2) is 0 Å². The highest BCUT2D eigenvalue weighted by atomic mass is 16.5. The van der Waals surface area contributed by atoms with E-state index in [2.05, 4.69) is 39.5 Å². The Bertz CT molecular complexity index is 277. The Kier molecular flexibility index (Phi) is 7.66. The molecular weight excluding hydrogens is 260 g/mol. The monoisotopic (exact) mass is 298 g/mol. The zero-order valence-corrected chi connectivity index (χ0v) is 15.2. The van der Waals surface area contributed by atoms with Crippen molar-refractivity contribution >= 4 is 0 Å². The SMILES string of the molecule is COCCN(C(C)C1CC1)C(CN)(CC(C)C)CC(C)C. The summed E-state index contributed by atoms with van der Waals surface area (Å²) in [7, 11) is 1.80. The third-order valence-corrected chi connectivity index (χ3v) is 4.90. The molecule has 1 saturated carbocycles. The van der Waals surface area contributed by atoms with Gasteiger partial charge in [0, 0.05) is 31.8 Å². The number of hydrogen-bond acceptors (Lipinski definition) is 3. The highest BCUT2D eigenvalue weighted by molar-refractivity contribution is 4.99. The van der Waals surface area contributed by atoms with Gasteiger partial charge in [0.1, 0.15) is 0 Å². The van der Waals surface area contributed by atoms with E-state index in [1.54, 1.807) is 7.11 Å². The van der Waals surface area contributed by atoms with E-state index in [4.69, 9.17) is 10.5 Å². The molecule has 3 heteroatoms. The first-order valence-corrected chi connectivity index (χ1v) is 8.82. The number of rotatable bonds is 11. The molecule has 1 aliphatic rings. The van der Waals surface area contributed by atoms with E-state index in [1.807, 2.05) is 0 Å². The molecule has 1 atom stereocenters. The van der Waals surface area contributed by atoms with Crippen LogP contribution in [0.25, 0.3) is 0 Å². The van der Waals surface area contributed by atoms with Crippen LogP contribution >= 0.6 is 0 Å². The van der Waals surface area contributed by atoms with E-state index in [-0.39, 0.29) is 5.54 Å². The minimum absolute atomic E-state index is 0.128. The van der Waals surface area contributed by atoms with Gasteiger partial charge in [-0.1, -0.05) is 27.7 Å². The summed E-state index contributed by atoms with van der Waals surface area (Å²) in [5.41, 5.74) is 6.48. The Balaban J connectivity index is 2.99. The molecule has 0 bridgehead atoms. The molecule has 0 amide bonds. The van der Waals surface area contributed by atoms with Crippen molar-refractivity contribution < 1.29 is 4.74 Å². The average Bonchev–Trinajstić information content (AvgIpc) is 3.21. The van der Waals surface area contributed by atoms with Crippen LogP contribution in [0.4, 0.5) is 0 Å². The zero-order chi connectivity index (χ0) is 16.0. The van der Waals surface area contributed by atoms with Crippen molar-refractivity contribution in [3.63, 3.8) is 0 Å². The normalized spacial score (nSPS) is 18.0. The number of ether oxygens (including phenoxy) is 1. The summed E-state index contributed by atoms with van der Waals surface area (Å²) in [5, 5.41) is 0. The Morgan fingerprint density at radius 2 is 1.62 bits per heavy atom. The van der Waals surface area contributed by atoms with Gasteiger partial charge in [0.25, 0.3) is 0 Å². The van der Waals surface area contributed by atoms with Crippen molar-refractivity contribution in [1.82, 2.24) is 4.90 Å². The van der Waals surface area contributed by atoms with Crippen LogP contribution in [0.1, 0.15) is 60.3 Å².